The van der Waals surface area contributed by atoms with Crippen LogP contribution < -0.4 is 5.73 Å². The molecule has 4 nitrogen and oxygen atoms in total. The first kappa shape index (κ1) is 12.8. The summed E-state index contributed by atoms with van der Waals surface area (Å²) >= 11 is 0. The van der Waals surface area contributed by atoms with Gasteiger partial charge < -0.3 is 15.9 Å². The highest BCUT2D eigenvalue weighted by Crippen LogP contribution is 2.08. The highest BCUT2D eigenvalue weighted by molar-refractivity contribution is 4.82. The van der Waals surface area contributed by atoms with E-state index in [4.69, 9.17) is 5.73 Å². The fraction of sp³-hybridized carbons (Fsp3) is 1.00. The average molecular weight is 190 g/mol. The van der Waals surface area contributed by atoms with Gasteiger partial charge in [0.15, 0.2) is 0 Å². The molecule has 0 heterocycles. The molecule has 0 rings (SSSR count). The summed E-state index contributed by atoms with van der Waals surface area (Å²) in [5.41, 5.74) is 5.37. The van der Waals surface area contributed by atoms with Crippen LogP contribution in [0.25, 0.3) is 0 Å². The second kappa shape index (κ2) is 6.32. The lowest BCUT2D eigenvalue weighted by atomic mass is 10.0. The Balaban J connectivity index is 4.38. The minimum absolute atomic E-state index is 0.187. The summed E-state index contributed by atoms with van der Waals surface area (Å²) in [5.74, 6) is 0. The summed E-state index contributed by atoms with van der Waals surface area (Å²) in [6.07, 6.45) is -1.21. The highest BCUT2D eigenvalue weighted by atomic mass is 16.3. The molecule has 0 aliphatic heterocycles. The van der Waals surface area contributed by atoms with E-state index in [1.807, 2.05) is 18.7 Å². The van der Waals surface area contributed by atoms with Crippen molar-refractivity contribution in [2.45, 2.75) is 39.0 Å². The van der Waals surface area contributed by atoms with Crippen LogP contribution in [0.15, 0.2) is 0 Å². The predicted molar refractivity (Wildman–Crippen MR) is 53.5 cm³/mol. The molecule has 0 saturated heterocycles. The Kier molecular flexibility index (Phi) is 6.24. The smallest absolute Gasteiger partial charge is 0.0842 e. The van der Waals surface area contributed by atoms with E-state index in [-0.39, 0.29) is 12.6 Å². The predicted octanol–water partition coefficient (Wildman–Crippen LogP) is -0.603. The van der Waals surface area contributed by atoms with Crippen LogP contribution in [0, 0.1) is 0 Å². The van der Waals surface area contributed by atoms with Gasteiger partial charge >= 0.3 is 0 Å². The van der Waals surface area contributed by atoms with Gasteiger partial charge in [-0.15, -0.1) is 0 Å². The van der Waals surface area contributed by atoms with Crippen LogP contribution in [-0.4, -0.2) is 53.0 Å². The summed E-state index contributed by atoms with van der Waals surface area (Å²) in [6, 6.07) is -0.250. The van der Waals surface area contributed by atoms with Crippen LogP contribution in [0.1, 0.15) is 20.8 Å². The van der Waals surface area contributed by atoms with Gasteiger partial charge in [-0.25, -0.2) is 0 Å². The lowest BCUT2D eigenvalue weighted by Crippen LogP contribution is -2.52. The number of nitrogens with two attached hydrogens (primary N) is 1. The molecule has 80 valence electrons. The fourth-order valence-corrected chi connectivity index (χ4v) is 1.65. The van der Waals surface area contributed by atoms with Gasteiger partial charge in [-0.1, -0.05) is 13.8 Å². The summed E-state index contributed by atoms with van der Waals surface area (Å²) in [5, 5.41) is 19.1. The number of aliphatic hydroxyl groups excluding tert-OH is 2. The molecule has 0 fully saturated rings. The van der Waals surface area contributed by atoms with Gasteiger partial charge in [-0.05, 0) is 20.0 Å². The lowest BCUT2D eigenvalue weighted by molar-refractivity contribution is -0.0134. The summed E-state index contributed by atoms with van der Waals surface area (Å²) < 4.78 is 0. The van der Waals surface area contributed by atoms with Crippen LogP contribution in [0.4, 0.5) is 0 Å². The van der Waals surface area contributed by atoms with E-state index in [1.165, 1.54) is 0 Å². The van der Waals surface area contributed by atoms with E-state index in [9.17, 15) is 10.2 Å². The van der Waals surface area contributed by atoms with E-state index in [0.717, 1.165) is 13.1 Å². The van der Waals surface area contributed by atoms with Gasteiger partial charge in [0.1, 0.15) is 0 Å². The van der Waals surface area contributed by atoms with Gasteiger partial charge in [0.05, 0.1) is 18.2 Å². The number of aliphatic hydroxyl groups is 2. The van der Waals surface area contributed by atoms with Crippen molar-refractivity contribution in [3.8, 4) is 0 Å². The fourth-order valence-electron chi connectivity index (χ4n) is 1.65. The minimum Gasteiger partial charge on any atom is -0.392 e. The second-order valence-electron chi connectivity index (χ2n) is 3.26. The summed E-state index contributed by atoms with van der Waals surface area (Å²) in [6.45, 7) is 7.49. The standard InChI is InChI=1S/C9H22N2O2/c1-4-11(5-2)9(7(3)12)8(13)6-10/h7-9,12-13H,4-6,10H2,1-3H3. The van der Waals surface area contributed by atoms with E-state index in [1.54, 1.807) is 6.92 Å². The normalized spacial score (nSPS) is 18.7. The Morgan fingerprint density at radius 1 is 1.23 bits per heavy atom. The monoisotopic (exact) mass is 190 g/mol. The van der Waals surface area contributed by atoms with Crippen molar-refractivity contribution < 1.29 is 10.2 Å². The third-order valence-electron chi connectivity index (χ3n) is 2.36. The van der Waals surface area contributed by atoms with E-state index in [0.29, 0.717) is 0 Å². The third-order valence-corrected chi connectivity index (χ3v) is 2.36. The van der Waals surface area contributed by atoms with Crippen LogP contribution in [0.2, 0.25) is 0 Å². The first-order valence-corrected chi connectivity index (χ1v) is 4.88. The van der Waals surface area contributed by atoms with E-state index >= 15 is 0 Å². The molecule has 0 bridgehead atoms. The zero-order valence-corrected chi connectivity index (χ0v) is 8.77. The first-order chi connectivity index (χ1) is 6.08. The molecule has 4 N–H and O–H groups in total. The molecule has 0 aromatic rings. The SMILES string of the molecule is CCN(CC)C(C(C)O)C(O)CN. The van der Waals surface area contributed by atoms with Crippen molar-refractivity contribution in [1.82, 2.24) is 4.90 Å². The number of hydrogen-bond donors (Lipinski definition) is 3. The molecule has 13 heavy (non-hydrogen) atoms. The van der Waals surface area contributed by atoms with Crippen molar-refractivity contribution in [3.63, 3.8) is 0 Å². The van der Waals surface area contributed by atoms with Crippen LogP contribution in [0.5, 0.6) is 0 Å². The molecule has 3 unspecified atom stereocenters. The summed E-state index contributed by atoms with van der Waals surface area (Å²) in [4.78, 5) is 2.02. The molecule has 3 atom stereocenters. The number of nitrogens with zero attached hydrogens (tertiary/aromatic N) is 1. The van der Waals surface area contributed by atoms with Crippen molar-refractivity contribution in [1.29, 1.82) is 0 Å². The molecule has 0 radical (unpaired) electrons. The number of hydrogen-bond acceptors (Lipinski definition) is 4. The maximum Gasteiger partial charge on any atom is 0.0842 e. The van der Waals surface area contributed by atoms with Crippen LogP contribution >= 0.6 is 0 Å². The maximum absolute atomic E-state index is 9.59. The largest absolute Gasteiger partial charge is 0.392 e. The molecule has 0 aliphatic carbocycles. The molecule has 0 aromatic heterocycles. The molecular formula is C9H22N2O2. The van der Waals surface area contributed by atoms with Crippen molar-refractivity contribution in [2.75, 3.05) is 19.6 Å². The maximum atomic E-state index is 9.59. The minimum atomic E-state index is -0.653. The zero-order valence-electron chi connectivity index (χ0n) is 8.77. The Bertz CT molecular complexity index is 127. The molecule has 0 spiro atoms. The van der Waals surface area contributed by atoms with Crippen LogP contribution in [-0.2, 0) is 0 Å². The molecule has 4 heteroatoms. The molecule has 0 aliphatic rings. The number of likely N-dealkylation sites (N-methyl/N-ethyl adjacent to an activating group) is 1. The topological polar surface area (TPSA) is 69.7 Å². The van der Waals surface area contributed by atoms with E-state index in [2.05, 4.69) is 0 Å². The third kappa shape index (κ3) is 3.60. The second-order valence-corrected chi connectivity index (χ2v) is 3.26. The molecular weight excluding hydrogens is 168 g/mol. The Hall–Kier alpha value is -0.160. The zero-order chi connectivity index (χ0) is 10.4. The van der Waals surface area contributed by atoms with Crippen molar-refractivity contribution in [3.05, 3.63) is 0 Å². The first-order valence-electron chi connectivity index (χ1n) is 4.88. The summed E-state index contributed by atoms with van der Waals surface area (Å²) in [7, 11) is 0. The van der Waals surface area contributed by atoms with Gasteiger partial charge in [0, 0.05) is 6.54 Å². The quantitative estimate of drug-likeness (QED) is 0.523. The molecule has 0 aromatic carbocycles. The van der Waals surface area contributed by atoms with Gasteiger partial charge in [-0.2, -0.15) is 0 Å². The van der Waals surface area contributed by atoms with Gasteiger partial charge in [-0.3, -0.25) is 4.90 Å². The lowest BCUT2D eigenvalue weighted by Gasteiger charge is -2.34. The molecule has 0 amide bonds. The highest BCUT2D eigenvalue weighted by Gasteiger charge is 2.27. The molecule has 0 saturated carbocycles. The van der Waals surface area contributed by atoms with E-state index < -0.39 is 12.2 Å². The number of rotatable bonds is 6. The van der Waals surface area contributed by atoms with Crippen molar-refractivity contribution in [2.24, 2.45) is 5.73 Å². The Morgan fingerprint density at radius 2 is 1.69 bits per heavy atom. The Labute approximate surface area is 80.3 Å². The average Bonchev–Trinajstić information content (AvgIpc) is 2.12. The van der Waals surface area contributed by atoms with Crippen molar-refractivity contribution >= 4 is 0 Å². The van der Waals surface area contributed by atoms with Gasteiger partial charge in [0.2, 0.25) is 0 Å². The Morgan fingerprint density at radius 3 is 1.92 bits per heavy atom. The van der Waals surface area contributed by atoms with Crippen LogP contribution in [0.3, 0.4) is 0 Å². The van der Waals surface area contributed by atoms with Gasteiger partial charge in [0.25, 0.3) is 0 Å².